The molecule has 1 unspecified atom stereocenters. The Morgan fingerprint density at radius 1 is 1.56 bits per heavy atom. The van der Waals surface area contributed by atoms with Crippen molar-refractivity contribution in [3.8, 4) is 0 Å². The van der Waals surface area contributed by atoms with E-state index in [-0.39, 0.29) is 0 Å². The minimum atomic E-state index is 0.498. The molecule has 0 spiro atoms. The fourth-order valence-electron chi connectivity index (χ4n) is 2.58. The van der Waals surface area contributed by atoms with Crippen LogP contribution in [-0.4, -0.2) is 49.1 Å². The molecule has 0 aromatic carbocycles. The fraction of sp³-hybridized carbons (Fsp3) is 0.917. The Balaban J connectivity index is 1.72. The molecule has 1 saturated heterocycles. The van der Waals surface area contributed by atoms with Crippen LogP contribution in [0, 0.1) is 0 Å². The van der Waals surface area contributed by atoms with E-state index in [1.165, 1.54) is 32.4 Å². The van der Waals surface area contributed by atoms with Crippen LogP contribution in [-0.2, 0) is 0 Å². The van der Waals surface area contributed by atoms with Crippen molar-refractivity contribution in [3.05, 3.63) is 0 Å². The molecule has 1 fully saturated rings. The Hall–Kier alpha value is -0.770. The predicted molar refractivity (Wildman–Crippen MR) is 67.8 cm³/mol. The molecule has 2 atom stereocenters. The predicted octanol–water partition coefficient (Wildman–Crippen LogP) is 0.798. The lowest BCUT2D eigenvalue weighted by molar-refractivity contribution is 0.254. The molecule has 4 heteroatoms. The molecule has 0 radical (unpaired) electrons. The molecule has 0 aliphatic carbocycles. The first kappa shape index (κ1) is 11.7. The highest BCUT2D eigenvalue weighted by atomic mass is 15.3. The topological polar surface area (TPSA) is 39.7 Å². The summed E-state index contributed by atoms with van der Waals surface area (Å²) in [5.41, 5.74) is 0. The molecule has 92 valence electrons. The summed E-state index contributed by atoms with van der Waals surface area (Å²) in [6.07, 6.45) is 3.94. The number of nitrogens with zero attached hydrogens (tertiary/aromatic N) is 2. The molecule has 2 aliphatic heterocycles. The second-order valence-corrected chi connectivity index (χ2v) is 4.95. The van der Waals surface area contributed by atoms with Crippen molar-refractivity contribution in [1.29, 1.82) is 0 Å². The van der Waals surface area contributed by atoms with Gasteiger partial charge in [-0.05, 0) is 39.3 Å². The standard InChI is InChI=1S/C12H24N4/c1-3-6-16-7-4-5-11(16)9-14-12-13-8-10(2)15-12/h10-11H,3-9H2,1-2H3,(H2,13,14,15)/t10?,11-/m0/s1. The summed E-state index contributed by atoms with van der Waals surface area (Å²) in [5, 5.41) is 6.78. The summed E-state index contributed by atoms with van der Waals surface area (Å²) in [6, 6.07) is 1.21. The van der Waals surface area contributed by atoms with E-state index in [4.69, 9.17) is 0 Å². The summed E-state index contributed by atoms with van der Waals surface area (Å²) in [4.78, 5) is 7.03. The molecule has 2 rings (SSSR count). The molecule has 16 heavy (non-hydrogen) atoms. The molecule has 2 aliphatic rings. The lowest BCUT2D eigenvalue weighted by atomic mass is 10.2. The van der Waals surface area contributed by atoms with Gasteiger partial charge in [0.25, 0.3) is 0 Å². The van der Waals surface area contributed by atoms with E-state index in [1.807, 2.05) is 0 Å². The smallest absolute Gasteiger partial charge is 0.191 e. The number of nitrogens with one attached hydrogen (secondary N) is 2. The van der Waals surface area contributed by atoms with E-state index in [0.29, 0.717) is 12.1 Å². The second kappa shape index (κ2) is 5.53. The van der Waals surface area contributed by atoms with Crippen LogP contribution in [0.25, 0.3) is 0 Å². The van der Waals surface area contributed by atoms with Crippen LogP contribution in [0.2, 0.25) is 0 Å². The van der Waals surface area contributed by atoms with Crippen molar-refractivity contribution in [1.82, 2.24) is 15.5 Å². The lowest BCUT2D eigenvalue weighted by Gasteiger charge is -2.24. The molecule has 2 N–H and O–H groups in total. The maximum absolute atomic E-state index is 4.42. The zero-order chi connectivity index (χ0) is 11.4. The highest BCUT2D eigenvalue weighted by Crippen LogP contribution is 2.16. The normalized spacial score (nSPS) is 30.2. The monoisotopic (exact) mass is 224 g/mol. The average Bonchev–Trinajstić information content (AvgIpc) is 2.85. The summed E-state index contributed by atoms with van der Waals surface area (Å²) in [6.45, 7) is 8.88. The van der Waals surface area contributed by atoms with Crippen LogP contribution in [0.3, 0.4) is 0 Å². The van der Waals surface area contributed by atoms with Crippen molar-refractivity contribution in [3.63, 3.8) is 0 Å². The summed E-state index contributed by atoms with van der Waals surface area (Å²) < 4.78 is 0. The van der Waals surface area contributed by atoms with Crippen molar-refractivity contribution in [2.45, 2.75) is 45.2 Å². The molecule has 0 aromatic rings. The van der Waals surface area contributed by atoms with Crippen LogP contribution in [0.5, 0.6) is 0 Å². The SMILES string of the molecule is CCCN1CCC[C@H]1CNC1=NCC(C)N1. The Kier molecular flexibility index (Phi) is 4.04. The quantitative estimate of drug-likeness (QED) is 0.742. The Bertz CT molecular complexity index is 251. The van der Waals surface area contributed by atoms with E-state index in [0.717, 1.165) is 19.0 Å². The highest BCUT2D eigenvalue weighted by molar-refractivity contribution is 5.81. The van der Waals surface area contributed by atoms with Gasteiger partial charge in [-0.15, -0.1) is 0 Å². The van der Waals surface area contributed by atoms with Gasteiger partial charge in [0.2, 0.25) is 0 Å². The molecule has 4 nitrogen and oxygen atoms in total. The largest absolute Gasteiger partial charge is 0.355 e. The fourth-order valence-corrected chi connectivity index (χ4v) is 2.58. The number of aliphatic imine (C=N–C) groups is 1. The minimum absolute atomic E-state index is 0.498. The summed E-state index contributed by atoms with van der Waals surface area (Å²) in [7, 11) is 0. The third kappa shape index (κ3) is 2.88. The van der Waals surface area contributed by atoms with Crippen molar-refractivity contribution in [2.75, 3.05) is 26.2 Å². The minimum Gasteiger partial charge on any atom is -0.355 e. The van der Waals surface area contributed by atoms with Gasteiger partial charge in [-0.1, -0.05) is 6.92 Å². The van der Waals surface area contributed by atoms with E-state index in [1.54, 1.807) is 0 Å². The van der Waals surface area contributed by atoms with E-state index in [9.17, 15) is 0 Å². The van der Waals surface area contributed by atoms with Crippen LogP contribution in [0.15, 0.2) is 4.99 Å². The Morgan fingerprint density at radius 3 is 3.12 bits per heavy atom. The highest BCUT2D eigenvalue weighted by Gasteiger charge is 2.24. The number of rotatable bonds is 4. The molecular weight excluding hydrogens is 200 g/mol. The van der Waals surface area contributed by atoms with Gasteiger partial charge in [-0.2, -0.15) is 0 Å². The van der Waals surface area contributed by atoms with Crippen LogP contribution >= 0.6 is 0 Å². The van der Waals surface area contributed by atoms with E-state index in [2.05, 4.69) is 34.4 Å². The maximum Gasteiger partial charge on any atom is 0.191 e. The zero-order valence-corrected chi connectivity index (χ0v) is 10.5. The van der Waals surface area contributed by atoms with Gasteiger partial charge in [0, 0.05) is 18.6 Å². The van der Waals surface area contributed by atoms with Gasteiger partial charge >= 0.3 is 0 Å². The van der Waals surface area contributed by atoms with Crippen molar-refractivity contribution in [2.24, 2.45) is 4.99 Å². The average molecular weight is 224 g/mol. The van der Waals surface area contributed by atoms with Crippen LogP contribution < -0.4 is 10.6 Å². The molecule has 0 saturated carbocycles. The van der Waals surface area contributed by atoms with Gasteiger partial charge in [-0.3, -0.25) is 9.89 Å². The van der Waals surface area contributed by atoms with E-state index >= 15 is 0 Å². The molecule has 0 bridgehead atoms. The maximum atomic E-state index is 4.42. The van der Waals surface area contributed by atoms with Crippen LogP contribution in [0.1, 0.15) is 33.1 Å². The van der Waals surface area contributed by atoms with Gasteiger partial charge in [0.15, 0.2) is 5.96 Å². The number of hydrogen-bond donors (Lipinski definition) is 2. The molecule has 0 amide bonds. The van der Waals surface area contributed by atoms with Crippen molar-refractivity contribution < 1.29 is 0 Å². The first-order valence-electron chi connectivity index (χ1n) is 6.58. The second-order valence-electron chi connectivity index (χ2n) is 4.95. The third-order valence-corrected chi connectivity index (χ3v) is 3.42. The zero-order valence-electron chi connectivity index (χ0n) is 10.5. The van der Waals surface area contributed by atoms with E-state index < -0.39 is 0 Å². The summed E-state index contributed by atoms with van der Waals surface area (Å²) >= 11 is 0. The first-order chi connectivity index (χ1) is 7.79. The number of guanidine groups is 1. The molecule has 0 aromatic heterocycles. The first-order valence-corrected chi connectivity index (χ1v) is 6.58. The van der Waals surface area contributed by atoms with Gasteiger partial charge in [0.1, 0.15) is 0 Å². The Labute approximate surface area is 98.5 Å². The summed E-state index contributed by atoms with van der Waals surface area (Å²) in [5.74, 6) is 0.996. The van der Waals surface area contributed by atoms with Crippen LogP contribution in [0.4, 0.5) is 0 Å². The lowest BCUT2D eigenvalue weighted by Crippen LogP contribution is -2.44. The van der Waals surface area contributed by atoms with Crippen molar-refractivity contribution >= 4 is 5.96 Å². The van der Waals surface area contributed by atoms with Gasteiger partial charge in [0.05, 0.1) is 6.54 Å². The number of likely N-dealkylation sites (tertiary alicyclic amines) is 1. The molecule has 2 heterocycles. The Morgan fingerprint density at radius 2 is 2.44 bits per heavy atom. The van der Waals surface area contributed by atoms with Gasteiger partial charge in [-0.25, -0.2) is 0 Å². The number of hydrogen-bond acceptors (Lipinski definition) is 4. The van der Waals surface area contributed by atoms with Gasteiger partial charge < -0.3 is 10.6 Å². The third-order valence-electron chi connectivity index (χ3n) is 3.42. The molecular formula is C12H24N4.